The SMILES string of the molecule is CC1(c2ccc(F)cn2)C(=O)Nc2nc(-c3cn4ccnc4c(CCC(F)(F)C(F)(F)F)n3)nc(O)c21. The van der Waals surface area contributed by atoms with E-state index in [4.69, 9.17) is 0 Å². The number of fused-ring (bicyclic) bond motifs is 2. The van der Waals surface area contributed by atoms with Crippen LogP contribution in [0.3, 0.4) is 0 Å². The molecule has 0 bridgehead atoms. The van der Waals surface area contributed by atoms with Crippen molar-refractivity contribution in [1.29, 1.82) is 0 Å². The number of imidazole rings is 1. The third kappa shape index (κ3) is 3.90. The number of nitrogens with one attached hydrogen (secondary N) is 1. The molecule has 1 aliphatic heterocycles. The summed E-state index contributed by atoms with van der Waals surface area (Å²) in [5, 5.41) is 13.3. The zero-order chi connectivity index (χ0) is 26.8. The molecular weight excluding hydrogens is 508 g/mol. The van der Waals surface area contributed by atoms with E-state index in [9.17, 15) is 36.2 Å². The van der Waals surface area contributed by atoms with Crippen molar-refractivity contribution in [3.63, 3.8) is 0 Å². The van der Waals surface area contributed by atoms with Gasteiger partial charge in [0.15, 0.2) is 11.5 Å². The molecule has 0 aliphatic carbocycles. The van der Waals surface area contributed by atoms with Crippen LogP contribution in [0.25, 0.3) is 17.2 Å². The smallest absolute Gasteiger partial charge is 0.453 e. The number of carbonyl (C=O) groups excluding carboxylic acids is 1. The van der Waals surface area contributed by atoms with Crippen molar-refractivity contribution in [2.24, 2.45) is 0 Å². The fourth-order valence-electron chi connectivity index (χ4n) is 4.07. The maximum Gasteiger partial charge on any atom is 0.453 e. The van der Waals surface area contributed by atoms with Gasteiger partial charge in [-0.25, -0.2) is 19.3 Å². The summed E-state index contributed by atoms with van der Waals surface area (Å²) < 4.78 is 79.7. The van der Waals surface area contributed by atoms with Gasteiger partial charge in [0.1, 0.15) is 22.7 Å². The summed E-state index contributed by atoms with van der Waals surface area (Å²) in [6.07, 6.45) is -3.10. The van der Waals surface area contributed by atoms with Gasteiger partial charge in [-0.3, -0.25) is 9.78 Å². The summed E-state index contributed by atoms with van der Waals surface area (Å²) in [6, 6.07) is 2.37. The van der Waals surface area contributed by atoms with Crippen molar-refractivity contribution in [2.45, 2.75) is 37.3 Å². The van der Waals surface area contributed by atoms with E-state index in [-0.39, 0.29) is 39.9 Å². The van der Waals surface area contributed by atoms with E-state index in [1.54, 1.807) is 0 Å². The molecule has 1 unspecified atom stereocenters. The lowest BCUT2D eigenvalue weighted by Crippen LogP contribution is -2.36. The lowest BCUT2D eigenvalue weighted by Gasteiger charge is -2.21. The Bertz CT molecular complexity index is 1540. The molecule has 9 nitrogen and oxygen atoms in total. The number of amides is 1. The van der Waals surface area contributed by atoms with Crippen LogP contribution in [-0.4, -0.2) is 52.4 Å². The van der Waals surface area contributed by atoms with Crippen molar-refractivity contribution in [3.8, 4) is 17.4 Å². The second-order valence-corrected chi connectivity index (χ2v) is 8.47. The molecule has 0 saturated carbocycles. The number of anilines is 1. The molecule has 2 N–H and O–H groups in total. The number of pyridine rings is 1. The zero-order valence-electron chi connectivity index (χ0n) is 18.7. The Morgan fingerprint density at radius 1 is 1.11 bits per heavy atom. The Balaban J connectivity index is 1.57. The van der Waals surface area contributed by atoms with Gasteiger partial charge in [-0.1, -0.05) is 0 Å². The lowest BCUT2D eigenvalue weighted by molar-refractivity contribution is -0.284. The summed E-state index contributed by atoms with van der Waals surface area (Å²) >= 11 is 0. The van der Waals surface area contributed by atoms with Crippen LogP contribution in [0.2, 0.25) is 0 Å². The van der Waals surface area contributed by atoms with E-state index >= 15 is 0 Å². The predicted octanol–water partition coefficient (Wildman–Crippen LogP) is 3.81. The molecule has 15 heteroatoms. The van der Waals surface area contributed by atoms with Crippen LogP contribution >= 0.6 is 0 Å². The Hall–Kier alpha value is -4.30. The summed E-state index contributed by atoms with van der Waals surface area (Å²) in [5.41, 5.74) is -1.70. The Kier molecular flexibility index (Phi) is 5.35. The van der Waals surface area contributed by atoms with Crippen LogP contribution in [0.15, 0.2) is 36.9 Å². The minimum absolute atomic E-state index is 0.0332. The van der Waals surface area contributed by atoms with Gasteiger partial charge in [-0.05, 0) is 25.5 Å². The van der Waals surface area contributed by atoms with Crippen LogP contribution in [0.1, 0.15) is 30.3 Å². The highest BCUT2D eigenvalue weighted by molar-refractivity contribution is 6.08. The number of nitrogens with zero attached hydrogens (tertiary/aromatic N) is 6. The fourth-order valence-corrected chi connectivity index (χ4v) is 4.07. The predicted molar refractivity (Wildman–Crippen MR) is 114 cm³/mol. The highest BCUT2D eigenvalue weighted by atomic mass is 19.4. The first-order valence-corrected chi connectivity index (χ1v) is 10.6. The zero-order valence-corrected chi connectivity index (χ0v) is 18.7. The summed E-state index contributed by atoms with van der Waals surface area (Å²) in [6.45, 7) is 1.44. The van der Waals surface area contributed by atoms with Crippen LogP contribution < -0.4 is 5.32 Å². The van der Waals surface area contributed by atoms with Gasteiger partial charge in [0.2, 0.25) is 11.8 Å². The molecule has 0 spiro atoms. The number of aromatic hydroxyl groups is 1. The van der Waals surface area contributed by atoms with Crippen LogP contribution in [-0.2, 0) is 16.6 Å². The van der Waals surface area contributed by atoms with Crippen molar-refractivity contribution >= 4 is 17.4 Å². The van der Waals surface area contributed by atoms with Crippen molar-refractivity contribution in [3.05, 3.63) is 59.7 Å². The van der Waals surface area contributed by atoms with E-state index in [0.717, 1.165) is 12.3 Å². The largest absolute Gasteiger partial charge is 0.493 e. The van der Waals surface area contributed by atoms with Crippen LogP contribution in [0, 0.1) is 5.82 Å². The van der Waals surface area contributed by atoms with Gasteiger partial charge in [0.25, 0.3) is 0 Å². The van der Waals surface area contributed by atoms with Crippen molar-refractivity contribution in [2.75, 3.05) is 5.32 Å². The Morgan fingerprint density at radius 2 is 1.86 bits per heavy atom. The molecular formula is C22H15F6N7O2. The number of aryl methyl sites for hydroxylation is 1. The standard InChI is InChI=1S/C22H15F6N7O2/c1-20(13-3-2-10(23)8-30-13)14-16(34-19(20)37)32-15(33-18(14)36)12-9-35-7-6-29-17(35)11(31-12)4-5-21(24,25)22(26,27)28/h2-3,6-9H,4-5H2,1H3,(H2,32,33,34,36,37). The molecule has 4 aromatic heterocycles. The maximum absolute atomic E-state index is 13.5. The normalized spacial score (nSPS) is 17.8. The van der Waals surface area contributed by atoms with Gasteiger partial charge in [-0.2, -0.15) is 26.9 Å². The van der Waals surface area contributed by atoms with Crippen LogP contribution in [0.5, 0.6) is 5.88 Å². The molecule has 5 rings (SSSR count). The molecule has 0 radical (unpaired) electrons. The van der Waals surface area contributed by atoms with Crippen LogP contribution in [0.4, 0.5) is 32.2 Å². The summed E-state index contributed by atoms with van der Waals surface area (Å²) in [7, 11) is 0. The quantitative estimate of drug-likeness (QED) is 0.382. The summed E-state index contributed by atoms with van der Waals surface area (Å²) in [4.78, 5) is 33.1. The lowest BCUT2D eigenvalue weighted by atomic mass is 9.81. The molecule has 4 aromatic rings. The Labute approximate surface area is 203 Å². The van der Waals surface area contributed by atoms with E-state index in [2.05, 4.69) is 30.2 Å². The maximum atomic E-state index is 13.5. The highest BCUT2D eigenvalue weighted by Gasteiger charge is 2.56. The minimum Gasteiger partial charge on any atom is -0.493 e. The Morgan fingerprint density at radius 3 is 2.54 bits per heavy atom. The number of alkyl halides is 5. The third-order valence-electron chi connectivity index (χ3n) is 6.08. The van der Waals surface area contributed by atoms with Crippen molar-refractivity contribution < 1.29 is 36.2 Å². The average molecular weight is 523 g/mol. The second kappa shape index (κ2) is 8.11. The molecule has 5 heterocycles. The van der Waals surface area contributed by atoms with Crippen molar-refractivity contribution in [1.82, 2.24) is 29.3 Å². The number of halogens is 6. The van der Waals surface area contributed by atoms with E-state index in [1.807, 2.05) is 0 Å². The van der Waals surface area contributed by atoms with E-state index in [0.29, 0.717) is 0 Å². The van der Waals surface area contributed by atoms with Gasteiger partial charge in [-0.15, -0.1) is 0 Å². The number of rotatable bonds is 5. The molecule has 192 valence electrons. The first-order chi connectivity index (χ1) is 17.3. The van der Waals surface area contributed by atoms with E-state index < -0.39 is 48.0 Å². The minimum atomic E-state index is -5.73. The van der Waals surface area contributed by atoms with Gasteiger partial charge in [0.05, 0.1) is 23.1 Å². The van der Waals surface area contributed by atoms with Gasteiger partial charge >= 0.3 is 12.1 Å². The fraction of sp³-hybridized carbons (Fsp3) is 0.273. The molecule has 0 saturated heterocycles. The summed E-state index contributed by atoms with van der Waals surface area (Å²) in [5.74, 6) is -7.18. The van der Waals surface area contributed by atoms with Gasteiger partial charge < -0.3 is 14.8 Å². The monoisotopic (exact) mass is 523 g/mol. The number of aromatic nitrogens is 6. The molecule has 37 heavy (non-hydrogen) atoms. The number of hydrogen-bond donors (Lipinski definition) is 2. The van der Waals surface area contributed by atoms with Gasteiger partial charge in [0, 0.05) is 25.0 Å². The third-order valence-corrected chi connectivity index (χ3v) is 6.08. The highest BCUT2D eigenvalue weighted by Crippen LogP contribution is 2.45. The topological polar surface area (TPSA) is 118 Å². The average Bonchev–Trinajstić information content (AvgIpc) is 3.40. The number of carbonyl (C=O) groups is 1. The molecule has 0 fully saturated rings. The molecule has 0 aromatic carbocycles. The molecule has 1 amide bonds. The molecule has 1 aliphatic rings. The number of hydrogen-bond acceptors (Lipinski definition) is 7. The molecule has 1 atom stereocenters. The van der Waals surface area contributed by atoms with E-state index in [1.165, 1.54) is 36.0 Å². The first kappa shape index (κ1) is 24.4. The second-order valence-electron chi connectivity index (χ2n) is 8.47. The first-order valence-electron chi connectivity index (χ1n) is 10.6.